The molecule has 0 fully saturated rings. The first-order valence-electron chi connectivity index (χ1n) is 5.89. The Labute approximate surface area is 116 Å². The van der Waals surface area contributed by atoms with Gasteiger partial charge in [-0.25, -0.2) is 4.98 Å². The minimum absolute atomic E-state index is 0.122. The lowest BCUT2D eigenvalue weighted by Crippen LogP contribution is -2.37. The van der Waals surface area contributed by atoms with Gasteiger partial charge in [-0.05, 0) is 32.9 Å². The predicted octanol–water partition coefficient (Wildman–Crippen LogP) is 3.99. The largest absolute Gasteiger partial charge is 0.440 e. The van der Waals surface area contributed by atoms with E-state index in [1.807, 2.05) is 12.1 Å². The molecular formula is C13H17ClN2OS. The maximum absolute atomic E-state index is 5.90. The molecule has 18 heavy (non-hydrogen) atoms. The Balaban J connectivity index is 1.94. The highest BCUT2D eigenvalue weighted by molar-refractivity contribution is 7.19. The summed E-state index contributed by atoms with van der Waals surface area (Å²) < 4.78 is 6.46. The summed E-state index contributed by atoms with van der Waals surface area (Å²) in [5.41, 5.74) is 0.122. The van der Waals surface area contributed by atoms with Crippen LogP contribution in [0.5, 0.6) is 0 Å². The molecule has 0 spiro atoms. The first kappa shape index (κ1) is 13.6. The molecular weight excluding hydrogens is 268 g/mol. The topological polar surface area (TPSA) is 38.1 Å². The maximum Gasteiger partial charge on any atom is 0.196 e. The molecule has 1 N–H and O–H groups in total. The minimum atomic E-state index is 0.122. The molecule has 2 aromatic rings. The summed E-state index contributed by atoms with van der Waals surface area (Å²) >= 11 is 7.40. The molecule has 2 aromatic heterocycles. The van der Waals surface area contributed by atoms with Gasteiger partial charge in [-0.3, -0.25) is 0 Å². The van der Waals surface area contributed by atoms with Gasteiger partial charge in [-0.2, -0.15) is 0 Å². The average molecular weight is 285 g/mol. The molecule has 98 valence electrons. The highest BCUT2D eigenvalue weighted by Gasteiger charge is 2.11. The molecule has 3 nitrogen and oxygen atoms in total. The highest BCUT2D eigenvalue weighted by atomic mass is 35.5. The van der Waals surface area contributed by atoms with Crippen molar-refractivity contribution in [2.45, 2.75) is 32.7 Å². The average Bonchev–Trinajstić information content (AvgIpc) is 2.85. The third kappa shape index (κ3) is 3.83. The van der Waals surface area contributed by atoms with Crippen LogP contribution in [-0.2, 0) is 6.42 Å². The number of rotatable bonds is 4. The fourth-order valence-electron chi connectivity index (χ4n) is 1.53. The van der Waals surface area contributed by atoms with Crippen LogP contribution in [0.25, 0.3) is 10.6 Å². The Bertz CT molecular complexity index is 513. The Morgan fingerprint density at radius 1 is 1.39 bits per heavy atom. The van der Waals surface area contributed by atoms with Crippen molar-refractivity contribution >= 4 is 22.9 Å². The zero-order valence-electron chi connectivity index (χ0n) is 10.8. The molecule has 0 aromatic carbocycles. The van der Waals surface area contributed by atoms with Crippen molar-refractivity contribution in [1.29, 1.82) is 0 Å². The minimum Gasteiger partial charge on any atom is -0.440 e. The van der Waals surface area contributed by atoms with Crippen molar-refractivity contribution in [1.82, 2.24) is 10.3 Å². The first-order valence-corrected chi connectivity index (χ1v) is 7.09. The fourth-order valence-corrected chi connectivity index (χ4v) is 2.52. The molecule has 0 unspecified atom stereocenters. The van der Waals surface area contributed by atoms with E-state index in [4.69, 9.17) is 16.0 Å². The second-order valence-corrected chi connectivity index (χ2v) is 6.86. The van der Waals surface area contributed by atoms with Gasteiger partial charge in [0.2, 0.25) is 0 Å². The van der Waals surface area contributed by atoms with Crippen molar-refractivity contribution in [3.05, 3.63) is 28.6 Å². The number of oxazole rings is 1. The van der Waals surface area contributed by atoms with E-state index in [0.717, 1.165) is 33.8 Å². The second-order valence-electron chi connectivity index (χ2n) is 5.15. The molecule has 2 rings (SSSR count). The van der Waals surface area contributed by atoms with E-state index in [1.165, 1.54) is 11.3 Å². The molecule has 2 heterocycles. The van der Waals surface area contributed by atoms with Gasteiger partial charge in [-0.1, -0.05) is 11.6 Å². The van der Waals surface area contributed by atoms with Crippen LogP contribution < -0.4 is 5.32 Å². The van der Waals surface area contributed by atoms with Crippen LogP contribution in [0, 0.1) is 0 Å². The predicted molar refractivity (Wildman–Crippen MR) is 76.3 cm³/mol. The van der Waals surface area contributed by atoms with E-state index in [2.05, 4.69) is 31.1 Å². The third-order valence-electron chi connectivity index (χ3n) is 2.36. The van der Waals surface area contributed by atoms with Gasteiger partial charge >= 0.3 is 0 Å². The van der Waals surface area contributed by atoms with E-state index in [9.17, 15) is 0 Å². The van der Waals surface area contributed by atoms with Gasteiger partial charge in [0.25, 0.3) is 0 Å². The van der Waals surface area contributed by atoms with Gasteiger partial charge in [0, 0.05) is 18.5 Å². The summed E-state index contributed by atoms with van der Waals surface area (Å²) in [6, 6.07) is 3.82. The van der Waals surface area contributed by atoms with Gasteiger partial charge in [0.15, 0.2) is 11.7 Å². The molecule has 5 heteroatoms. The zero-order chi connectivity index (χ0) is 13.2. The van der Waals surface area contributed by atoms with Crippen LogP contribution in [0.4, 0.5) is 0 Å². The lowest BCUT2D eigenvalue weighted by molar-refractivity contribution is 0.412. The standard InChI is InChI=1S/C13H17ClN2OS/c1-13(2,3)16-7-6-12-15-8-9(17-12)10-4-5-11(14)18-10/h4-5,8,16H,6-7H2,1-3H3. The summed E-state index contributed by atoms with van der Waals surface area (Å²) in [4.78, 5) is 5.29. The van der Waals surface area contributed by atoms with E-state index in [0.29, 0.717) is 0 Å². The van der Waals surface area contributed by atoms with E-state index in [-0.39, 0.29) is 5.54 Å². The summed E-state index contributed by atoms with van der Waals surface area (Å²) in [7, 11) is 0. The van der Waals surface area contributed by atoms with Crippen LogP contribution in [0.3, 0.4) is 0 Å². The molecule has 0 aliphatic heterocycles. The summed E-state index contributed by atoms with van der Waals surface area (Å²) in [6.45, 7) is 7.28. The van der Waals surface area contributed by atoms with Crippen LogP contribution in [-0.4, -0.2) is 17.1 Å². The zero-order valence-corrected chi connectivity index (χ0v) is 12.4. The molecule has 0 amide bonds. The van der Waals surface area contributed by atoms with Crippen molar-refractivity contribution < 1.29 is 4.42 Å². The van der Waals surface area contributed by atoms with E-state index < -0.39 is 0 Å². The van der Waals surface area contributed by atoms with Crippen molar-refractivity contribution in [3.63, 3.8) is 0 Å². The van der Waals surface area contributed by atoms with Crippen LogP contribution >= 0.6 is 22.9 Å². The molecule has 0 aliphatic carbocycles. The van der Waals surface area contributed by atoms with Crippen LogP contribution in [0.2, 0.25) is 4.34 Å². The normalized spacial score (nSPS) is 12.0. The van der Waals surface area contributed by atoms with Gasteiger partial charge in [-0.15, -0.1) is 11.3 Å². The highest BCUT2D eigenvalue weighted by Crippen LogP contribution is 2.31. The third-order valence-corrected chi connectivity index (χ3v) is 3.61. The lowest BCUT2D eigenvalue weighted by atomic mass is 10.1. The van der Waals surface area contributed by atoms with Crippen molar-refractivity contribution in [2.24, 2.45) is 0 Å². The number of halogens is 1. The second kappa shape index (κ2) is 5.43. The molecule has 0 bridgehead atoms. The lowest BCUT2D eigenvalue weighted by Gasteiger charge is -2.19. The Morgan fingerprint density at radius 2 is 2.17 bits per heavy atom. The van der Waals surface area contributed by atoms with Gasteiger partial charge in [0.05, 0.1) is 15.4 Å². The molecule has 0 atom stereocenters. The van der Waals surface area contributed by atoms with Crippen LogP contribution in [0.1, 0.15) is 26.7 Å². The number of nitrogens with one attached hydrogen (secondary N) is 1. The SMILES string of the molecule is CC(C)(C)NCCc1ncc(-c2ccc(Cl)s2)o1. The fraction of sp³-hybridized carbons (Fsp3) is 0.462. The van der Waals surface area contributed by atoms with Gasteiger partial charge in [0.1, 0.15) is 0 Å². The smallest absolute Gasteiger partial charge is 0.196 e. The molecule has 0 aliphatic rings. The van der Waals surface area contributed by atoms with Crippen molar-refractivity contribution in [2.75, 3.05) is 6.54 Å². The maximum atomic E-state index is 5.90. The quantitative estimate of drug-likeness (QED) is 0.923. The Hall–Kier alpha value is -0.840. The molecule has 0 radical (unpaired) electrons. The summed E-state index contributed by atoms with van der Waals surface area (Å²) in [6.07, 6.45) is 2.55. The number of aromatic nitrogens is 1. The van der Waals surface area contributed by atoms with E-state index in [1.54, 1.807) is 6.20 Å². The Kier molecular flexibility index (Phi) is 4.10. The monoisotopic (exact) mass is 284 g/mol. The Morgan fingerprint density at radius 3 is 2.78 bits per heavy atom. The molecule has 0 saturated heterocycles. The number of hydrogen-bond donors (Lipinski definition) is 1. The summed E-state index contributed by atoms with van der Waals surface area (Å²) in [5.74, 6) is 1.55. The van der Waals surface area contributed by atoms with Gasteiger partial charge < -0.3 is 9.73 Å². The summed E-state index contributed by atoms with van der Waals surface area (Å²) in [5, 5.41) is 3.40. The van der Waals surface area contributed by atoms with Crippen molar-refractivity contribution in [3.8, 4) is 10.6 Å². The van der Waals surface area contributed by atoms with E-state index >= 15 is 0 Å². The molecule has 0 saturated carbocycles. The van der Waals surface area contributed by atoms with Crippen LogP contribution in [0.15, 0.2) is 22.7 Å². The number of thiophene rings is 1. The first-order chi connectivity index (χ1) is 8.44. The number of nitrogens with zero attached hydrogens (tertiary/aromatic N) is 1. The number of hydrogen-bond acceptors (Lipinski definition) is 4.